The Morgan fingerprint density at radius 1 is 1.27 bits per heavy atom. The van der Waals surface area contributed by atoms with Crippen LogP contribution in [0.15, 0.2) is 41.4 Å². The molecule has 0 atom stereocenters. The van der Waals surface area contributed by atoms with Crippen LogP contribution in [0.2, 0.25) is 0 Å². The Morgan fingerprint density at radius 2 is 2.07 bits per heavy atom. The molecule has 1 amide bonds. The van der Waals surface area contributed by atoms with Crippen LogP contribution in [0.4, 0.5) is 5.00 Å². The zero-order valence-electron chi connectivity index (χ0n) is 16.1. The number of methoxy groups -OCH3 is 1. The second-order valence-electron chi connectivity index (χ2n) is 5.80. The zero-order chi connectivity index (χ0) is 21.7. The first kappa shape index (κ1) is 21.4. The van der Waals surface area contributed by atoms with E-state index in [4.69, 9.17) is 9.47 Å². The molecule has 2 aromatic heterocycles. The molecule has 3 rings (SSSR count). The molecular weight excluding hydrogens is 430 g/mol. The first-order valence-electron chi connectivity index (χ1n) is 8.76. The molecule has 0 radical (unpaired) electrons. The van der Waals surface area contributed by atoms with E-state index >= 15 is 0 Å². The number of hydrogen-bond donors (Lipinski definition) is 0. The zero-order valence-corrected chi connectivity index (χ0v) is 17.7. The summed E-state index contributed by atoms with van der Waals surface area (Å²) in [7, 11) is 1.28. The number of esters is 1. The first-order chi connectivity index (χ1) is 14.4. The molecule has 0 fully saturated rings. The highest BCUT2D eigenvalue weighted by Crippen LogP contribution is 2.28. The van der Waals surface area contributed by atoms with Crippen molar-refractivity contribution in [3.05, 3.63) is 56.2 Å². The van der Waals surface area contributed by atoms with Crippen molar-refractivity contribution in [2.75, 3.05) is 13.7 Å². The predicted octanol–water partition coefficient (Wildman–Crippen LogP) is 3.38. The maximum atomic E-state index is 12.4. The summed E-state index contributed by atoms with van der Waals surface area (Å²) in [4.78, 5) is 39.6. The summed E-state index contributed by atoms with van der Waals surface area (Å²) >= 11 is 2.20. The van der Waals surface area contributed by atoms with Gasteiger partial charge >= 0.3 is 11.0 Å². The molecule has 0 unspecified atom stereocenters. The maximum absolute atomic E-state index is 12.4. The molecule has 0 aliphatic heterocycles. The first-order valence-corrected chi connectivity index (χ1v) is 10.4. The second-order valence-corrected chi connectivity index (χ2v) is 7.90. The SMILES string of the molecule is CCOc1cccc2sc(=NC(=O)/C=C/c3ccc([N+](=O)[O-])s3)n(CC(=O)OC)c12. The van der Waals surface area contributed by atoms with Crippen molar-refractivity contribution < 1.29 is 24.0 Å². The lowest BCUT2D eigenvalue weighted by Crippen LogP contribution is -2.22. The van der Waals surface area contributed by atoms with Crippen molar-refractivity contribution in [1.82, 2.24) is 4.57 Å². The number of ether oxygens (including phenoxy) is 2. The van der Waals surface area contributed by atoms with Gasteiger partial charge in [0.05, 0.1) is 23.3 Å². The van der Waals surface area contributed by atoms with Gasteiger partial charge in [0.2, 0.25) is 0 Å². The molecule has 0 saturated carbocycles. The number of nitro groups is 1. The summed E-state index contributed by atoms with van der Waals surface area (Å²) in [5, 5.41) is 10.7. The molecule has 0 aliphatic rings. The third-order valence-electron chi connectivity index (χ3n) is 3.87. The Balaban J connectivity index is 2.01. The van der Waals surface area contributed by atoms with Gasteiger partial charge in [-0.25, -0.2) is 0 Å². The van der Waals surface area contributed by atoms with Crippen molar-refractivity contribution in [3.63, 3.8) is 0 Å². The second kappa shape index (κ2) is 9.46. The number of para-hydroxylation sites is 1. The fraction of sp³-hybridized carbons (Fsp3) is 0.211. The lowest BCUT2D eigenvalue weighted by molar-refractivity contribution is -0.380. The molecule has 3 aromatic rings. The molecule has 156 valence electrons. The van der Waals surface area contributed by atoms with E-state index < -0.39 is 16.8 Å². The Labute approximate surface area is 178 Å². The molecular formula is C19H17N3O6S2. The van der Waals surface area contributed by atoms with Crippen molar-refractivity contribution in [3.8, 4) is 5.75 Å². The van der Waals surface area contributed by atoms with Crippen molar-refractivity contribution in [2.24, 2.45) is 4.99 Å². The molecule has 0 aliphatic carbocycles. The third-order valence-corrected chi connectivity index (χ3v) is 5.91. The monoisotopic (exact) mass is 447 g/mol. The maximum Gasteiger partial charge on any atom is 0.325 e. The van der Waals surface area contributed by atoms with Gasteiger partial charge in [-0.2, -0.15) is 4.99 Å². The number of carbonyl (C=O) groups is 2. The van der Waals surface area contributed by atoms with Crippen LogP contribution < -0.4 is 9.54 Å². The number of rotatable bonds is 7. The van der Waals surface area contributed by atoms with Crippen LogP contribution in [0.3, 0.4) is 0 Å². The van der Waals surface area contributed by atoms with E-state index in [2.05, 4.69) is 4.99 Å². The number of amides is 1. The Morgan fingerprint density at radius 3 is 2.73 bits per heavy atom. The average molecular weight is 447 g/mol. The minimum atomic E-state index is -0.561. The van der Waals surface area contributed by atoms with Crippen LogP contribution in [0, 0.1) is 10.1 Å². The van der Waals surface area contributed by atoms with Crippen molar-refractivity contribution in [1.29, 1.82) is 0 Å². The number of thiophene rings is 1. The highest BCUT2D eigenvalue weighted by molar-refractivity contribution is 7.16. The molecule has 11 heteroatoms. The van der Waals surface area contributed by atoms with Gasteiger partial charge in [0.25, 0.3) is 5.91 Å². The van der Waals surface area contributed by atoms with Gasteiger partial charge in [0.15, 0.2) is 4.80 Å². The number of fused-ring (bicyclic) bond motifs is 1. The van der Waals surface area contributed by atoms with Crippen LogP contribution in [0.5, 0.6) is 5.75 Å². The largest absolute Gasteiger partial charge is 0.492 e. The van der Waals surface area contributed by atoms with E-state index in [-0.39, 0.29) is 11.5 Å². The van der Waals surface area contributed by atoms with Gasteiger partial charge in [-0.3, -0.25) is 19.7 Å². The number of aromatic nitrogens is 1. The summed E-state index contributed by atoms with van der Waals surface area (Å²) in [6.07, 6.45) is 2.69. The molecule has 0 N–H and O–H groups in total. The highest BCUT2D eigenvalue weighted by Gasteiger charge is 2.15. The molecule has 0 bridgehead atoms. The van der Waals surface area contributed by atoms with Crippen molar-refractivity contribution in [2.45, 2.75) is 13.5 Å². The molecule has 2 heterocycles. The fourth-order valence-corrected chi connectivity index (χ4v) is 4.39. The van der Waals surface area contributed by atoms with Crippen LogP contribution in [0.25, 0.3) is 16.3 Å². The van der Waals surface area contributed by atoms with Crippen LogP contribution >= 0.6 is 22.7 Å². The van der Waals surface area contributed by atoms with E-state index in [0.29, 0.717) is 27.6 Å². The summed E-state index contributed by atoms with van der Waals surface area (Å²) < 4.78 is 12.8. The van der Waals surface area contributed by atoms with Gasteiger partial charge in [-0.1, -0.05) is 28.7 Å². The summed E-state index contributed by atoms with van der Waals surface area (Å²) in [6.45, 7) is 2.16. The van der Waals surface area contributed by atoms with E-state index in [9.17, 15) is 19.7 Å². The summed E-state index contributed by atoms with van der Waals surface area (Å²) in [5.74, 6) is -0.476. The van der Waals surface area contributed by atoms with Gasteiger partial charge in [-0.15, -0.1) is 0 Å². The van der Waals surface area contributed by atoms with Gasteiger partial charge in [0, 0.05) is 17.0 Å². The average Bonchev–Trinajstić information content (AvgIpc) is 3.32. The fourth-order valence-electron chi connectivity index (χ4n) is 2.61. The van der Waals surface area contributed by atoms with Gasteiger partial charge in [-0.05, 0) is 31.2 Å². The van der Waals surface area contributed by atoms with Crippen LogP contribution in [-0.4, -0.2) is 35.1 Å². The predicted molar refractivity (Wildman–Crippen MR) is 114 cm³/mol. The number of nitrogens with zero attached hydrogens (tertiary/aromatic N) is 3. The van der Waals surface area contributed by atoms with E-state index in [1.165, 1.54) is 36.7 Å². The lowest BCUT2D eigenvalue weighted by atomic mass is 10.3. The Bertz CT molecular complexity index is 1200. The number of hydrogen-bond acceptors (Lipinski definition) is 8. The van der Waals surface area contributed by atoms with Crippen LogP contribution in [0.1, 0.15) is 11.8 Å². The number of carbonyl (C=O) groups excluding carboxylic acids is 2. The number of thiazole rings is 1. The quantitative estimate of drug-likeness (QED) is 0.237. The summed E-state index contributed by atoms with van der Waals surface area (Å²) in [6, 6.07) is 8.37. The lowest BCUT2D eigenvalue weighted by Gasteiger charge is -2.08. The van der Waals surface area contributed by atoms with Crippen LogP contribution in [-0.2, 0) is 20.9 Å². The Hall–Kier alpha value is -3.31. The van der Waals surface area contributed by atoms with E-state index in [0.717, 1.165) is 16.0 Å². The topological polar surface area (TPSA) is 113 Å². The van der Waals surface area contributed by atoms with Gasteiger partial charge < -0.3 is 14.0 Å². The molecule has 0 spiro atoms. The standard InChI is InChI=1S/C19H17N3O6S2/c1-3-28-13-5-4-6-14-18(13)21(11-17(24)27-2)19(30-14)20-15(23)9-7-12-8-10-16(29-12)22(25)26/h4-10H,3,11H2,1-2H3/b9-7+,20-19?. The molecule has 9 nitrogen and oxygen atoms in total. The third kappa shape index (κ3) is 4.81. The highest BCUT2D eigenvalue weighted by atomic mass is 32.1. The molecule has 1 aromatic carbocycles. The summed E-state index contributed by atoms with van der Waals surface area (Å²) in [5.41, 5.74) is 0.652. The minimum absolute atomic E-state index is 0.0112. The molecule has 0 saturated heterocycles. The minimum Gasteiger partial charge on any atom is -0.492 e. The smallest absolute Gasteiger partial charge is 0.325 e. The molecule has 30 heavy (non-hydrogen) atoms. The van der Waals surface area contributed by atoms with Gasteiger partial charge in [0.1, 0.15) is 17.8 Å². The van der Waals surface area contributed by atoms with Crippen molar-refractivity contribution >= 4 is 55.8 Å². The van der Waals surface area contributed by atoms with E-state index in [1.807, 2.05) is 19.1 Å². The Kier molecular flexibility index (Phi) is 6.75. The number of benzene rings is 1. The normalized spacial score (nSPS) is 11.9. The van der Waals surface area contributed by atoms with E-state index in [1.54, 1.807) is 16.7 Å².